The zero-order chi connectivity index (χ0) is 18.9. The van der Waals surface area contributed by atoms with Crippen LogP contribution in [0.5, 0.6) is 0 Å². The Kier molecular flexibility index (Phi) is 4.93. The number of carbonyl (C=O) groups excluding carboxylic acids is 2. The highest BCUT2D eigenvalue weighted by molar-refractivity contribution is 7.89. The first-order chi connectivity index (χ1) is 12.3. The molecule has 1 amide bonds. The van der Waals surface area contributed by atoms with Crippen molar-refractivity contribution in [1.29, 1.82) is 0 Å². The number of nitrogens with zero attached hydrogens (tertiary/aromatic N) is 1. The number of hydrogen-bond donors (Lipinski definition) is 1. The van der Waals surface area contributed by atoms with Crippen molar-refractivity contribution >= 4 is 21.7 Å². The minimum atomic E-state index is -3.89. The van der Waals surface area contributed by atoms with Crippen LogP contribution in [-0.2, 0) is 27.8 Å². The van der Waals surface area contributed by atoms with E-state index in [9.17, 15) is 18.0 Å². The van der Waals surface area contributed by atoms with Gasteiger partial charge in [-0.05, 0) is 36.6 Å². The monoisotopic (exact) mass is 372 g/mol. The van der Waals surface area contributed by atoms with Gasteiger partial charge < -0.3 is 5.32 Å². The molecule has 136 valence electrons. The zero-order valence-electron chi connectivity index (χ0n) is 14.6. The molecule has 1 N–H and O–H groups in total. The Morgan fingerprint density at radius 2 is 1.65 bits per heavy atom. The van der Waals surface area contributed by atoms with E-state index in [-0.39, 0.29) is 23.1 Å². The van der Waals surface area contributed by atoms with Crippen molar-refractivity contribution in [3.8, 4) is 0 Å². The lowest BCUT2D eigenvalue weighted by Gasteiger charge is -2.34. The lowest BCUT2D eigenvalue weighted by Crippen LogP contribution is -2.51. The van der Waals surface area contributed by atoms with E-state index in [1.54, 1.807) is 0 Å². The second kappa shape index (κ2) is 7.01. The van der Waals surface area contributed by atoms with Crippen LogP contribution >= 0.6 is 0 Å². The Labute approximate surface area is 152 Å². The third-order valence-electron chi connectivity index (χ3n) is 4.62. The van der Waals surface area contributed by atoms with Crippen molar-refractivity contribution in [1.82, 2.24) is 9.62 Å². The molecule has 0 aliphatic carbocycles. The summed E-state index contributed by atoms with van der Waals surface area (Å²) in [7, 11) is -2.39. The smallest absolute Gasteiger partial charge is 0.244 e. The van der Waals surface area contributed by atoms with Crippen LogP contribution in [0.4, 0.5) is 0 Å². The zero-order valence-corrected chi connectivity index (χ0v) is 15.4. The number of carbonyl (C=O) groups is 2. The maximum absolute atomic E-state index is 13.2. The third-order valence-corrected chi connectivity index (χ3v) is 6.49. The van der Waals surface area contributed by atoms with Crippen LogP contribution in [0, 0.1) is 0 Å². The number of benzene rings is 2. The van der Waals surface area contributed by atoms with E-state index in [1.165, 1.54) is 42.5 Å². The van der Waals surface area contributed by atoms with Gasteiger partial charge in [-0.3, -0.25) is 9.59 Å². The molecule has 0 fully saturated rings. The topological polar surface area (TPSA) is 83.6 Å². The van der Waals surface area contributed by atoms with E-state index in [0.717, 1.165) is 11.1 Å². The number of ketones is 1. The van der Waals surface area contributed by atoms with E-state index in [2.05, 4.69) is 5.32 Å². The summed E-state index contributed by atoms with van der Waals surface area (Å²) in [6.45, 7) is 1.55. The summed E-state index contributed by atoms with van der Waals surface area (Å²) in [4.78, 5) is 23.8. The lowest BCUT2D eigenvalue weighted by atomic mass is 9.95. The van der Waals surface area contributed by atoms with E-state index < -0.39 is 16.1 Å². The van der Waals surface area contributed by atoms with Gasteiger partial charge in [0.25, 0.3) is 0 Å². The number of likely N-dealkylation sites (N-methyl/N-ethyl adjacent to an activating group) is 1. The molecule has 0 spiro atoms. The van der Waals surface area contributed by atoms with E-state index in [4.69, 9.17) is 0 Å². The number of sulfonamides is 1. The van der Waals surface area contributed by atoms with Gasteiger partial charge in [0.2, 0.25) is 15.9 Å². The molecule has 2 aromatic rings. The van der Waals surface area contributed by atoms with Gasteiger partial charge in [0.05, 0.1) is 4.90 Å². The molecule has 1 aliphatic heterocycles. The van der Waals surface area contributed by atoms with Gasteiger partial charge in [0, 0.05) is 19.2 Å². The van der Waals surface area contributed by atoms with Crippen molar-refractivity contribution in [3.63, 3.8) is 0 Å². The van der Waals surface area contributed by atoms with Crippen molar-refractivity contribution in [3.05, 3.63) is 65.2 Å². The molecule has 1 atom stereocenters. The highest BCUT2D eigenvalue weighted by atomic mass is 32.2. The summed E-state index contributed by atoms with van der Waals surface area (Å²) >= 11 is 0. The molecule has 0 aromatic heterocycles. The fraction of sp³-hybridized carbons (Fsp3) is 0.263. The molecule has 2 aromatic carbocycles. The summed E-state index contributed by atoms with van der Waals surface area (Å²) < 4.78 is 27.6. The molecule has 1 aliphatic rings. The first-order valence-electron chi connectivity index (χ1n) is 8.26. The Morgan fingerprint density at radius 3 is 2.23 bits per heavy atom. The largest absolute Gasteiger partial charge is 0.358 e. The van der Waals surface area contributed by atoms with Crippen LogP contribution in [0.1, 0.15) is 28.4 Å². The van der Waals surface area contributed by atoms with Gasteiger partial charge in [0.1, 0.15) is 6.04 Å². The first kappa shape index (κ1) is 18.3. The number of rotatable bonds is 4. The molecule has 26 heavy (non-hydrogen) atoms. The molecule has 1 heterocycles. The van der Waals surface area contributed by atoms with Gasteiger partial charge in [-0.15, -0.1) is 0 Å². The third kappa shape index (κ3) is 3.27. The fourth-order valence-electron chi connectivity index (χ4n) is 3.14. The second-order valence-electron chi connectivity index (χ2n) is 6.23. The maximum atomic E-state index is 13.2. The summed E-state index contributed by atoms with van der Waals surface area (Å²) in [5.74, 6) is -0.479. The lowest BCUT2D eigenvalue weighted by molar-refractivity contribution is -0.124. The number of nitrogens with one attached hydrogen (secondary N) is 1. The molecule has 0 bridgehead atoms. The maximum Gasteiger partial charge on any atom is 0.244 e. The molecule has 6 nitrogen and oxygen atoms in total. The van der Waals surface area contributed by atoms with Crippen molar-refractivity contribution in [2.75, 3.05) is 7.05 Å². The van der Waals surface area contributed by atoms with Crippen LogP contribution in [0.2, 0.25) is 0 Å². The second-order valence-corrected chi connectivity index (χ2v) is 8.12. The molecule has 0 radical (unpaired) electrons. The Hall–Kier alpha value is -2.51. The summed E-state index contributed by atoms with van der Waals surface area (Å²) in [6, 6.07) is 12.5. The molecule has 0 saturated carbocycles. The SMILES string of the molecule is CNC(=O)C1Cc2ccccc2CN1S(=O)(=O)c1ccc(C(C)=O)cc1. The van der Waals surface area contributed by atoms with Gasteiger partial charge in [-0.2, -0.15) is 4.31 Å². The summed E-state index contributed by atoms with van der Waals surface area (Å²) in [6.07, 6.45) is 0.320. The van der Waals surface area contributed by atoms with Gasteiger partial charge in [-0.25, -0.2) is 8.42 Å². The molecular formula is C19H20N2O4S. The normalized spacial score (nSPS) is 17.4. The average Bonchev–Trinajstić information content (AvgIpc) is 2.66. The van der Waals surface area contributed by atoms with Crippen molar-refractivity contribution in [2.24, 2.45) is 0 Å². The van der Waals surface area contributed by atoms with E-state index in [0.29, 0.717) is 12.0 Å². The predicted octanol–water partition coefficient (Wildman–Crippen LogP) is 1.75. The van der Waals surface area contributed by atoms with Crippen LogP contribution in [0.15, 0.2) is 53.4 Å². The quantitative estimate of drug-likeness (QED) is 0.829. The highest BCUT2D eigenvalue weighted by Gasteiger charge is 2.39. The molecule has 0 saturated heterocycles. The molecular weight excluding hydrogens is 352 g/mol. The van der Waals surface area contributed by atoms with Gasteiger partial charge >= 0.3 is 0 Å². The molecule has 1 unspecified atom stereocenters. The van der Waals surface area contributed by atoms with Gasteiger partial charge in [-0.1, -0.05) is 36.4 Å². The minimum Gasteiger partial charge on any atom is -0.358 e. The number of amides is 1. The van der Waals surface area contributed by atoms with Crippen LogP contribution in [0.3, 0.4) is 0 Å². The Bertz CT molecular complexity index is 952. The van der Waals surface area contributed by atoms with Crippen LogP contribution in [-0.4, -0.2) is 37.5 Å². The average molecular weight is 372 g/mol. The van der Waals surface area contributed by atoms with Crippen LogP contribution in [0.25, 0.3) is 0 Å². The van der Waals surface area contributed by atoms with Crippen molar-refractivity contribution in [2.45, 2.75) is 30.8 Å². The Morgan fingerprint density at radius 1 is 1.04 bits per heavy atom. The van der Waals surface area contributed by atoms with Gasteiger partial charge in [0.15, 0.2) is 5.78 Å². The summed E-state index contributed by atoms with van der Waals surface area (Å²) in [5, 5.41) is 2.55. The minimum absolute atomic E-state index is 0.0655. The summed E-state index contributed by atoms with van der Waals surface area (Å²) in [5.41, 5.74) is 2.30. The highest BCUT2D eigenvalue weighted by Crippen LogP contribution is 2.29. The van der Waals surface area contributed by atoms with Crippen LogP contribution < -0.4 is 5.32 Å². The van der Waals surface area contributed by atoms with E-state index in [1.807, 2.05) is 24.3 Å². The molecule has 7 heteroatoms. The number of Topliss-reactive ketones (excluding diaryl/α,β-unsaturated/α-hetero) is 1. The first-order valence-corrected chi connectivity index (χ1v) is 9.70. The Balaban J connectivity index is 2.03. The van der Waals surface area contributed by atoms with E-state index >= 15 is 0 Å². The fourth-order valence-corrected chi connectivity index (χ4v) is 4.70. The predicted molar refractivity (Wildman–Crippen MR) is 97.2 cm³/mol. The standard InChI is InChI=1S/C19H20N2O4S/c1-13(22)14-7-9-17(10-8-14)26(24,25)21-12-16-6-4-3-5-15(16)11-18(21)19(23)20-2/h3-10,18H,11-12H2,1-2H3,(H,20,23). The number of fused-ring (bicyclic) bond motifs is 1. The molecule has 3 rings (SSSR count). The van der Waals surface area contributed by atoms with Crippen molar-refractivity contribution < 1.29 is 18.0 Å². The number of hydrogen-bond acceptors (Lipinski definition) is 4.